The largest absolute Gasteiger partial charge is 0.351 e. The fraction of sp³-hybridized carbons (Fsp3) is 0.409. The average molecular weight is 465 g/mol. The van der Waals surface area contributed by atoms with E-state index in [4.69, 9.17) is 0 Å². The summed E-state index contributed by atoms with van der Waals surface area (Å²) in [5.74, 6) is -0.758. The van der Waals surface area contributed by atoms with Crippen LogP contribution >= 0.6 is 0 Å². The minimum Gasteiger partial charge on any atom is -0.351 e. The molecule has 168 valence electrons. The van der Waals surface area contributed by atoms with Crippen LogP contribution in [0.15, 0.2) is 64.4 Å². The zero-order chi connectivity index (χ0) is 22.5. The molecule has 31 heavy (non-hydrogen) atoms. The highest BCUT2D eigenvalue weighted by molar-refractivity contribution is 7.91. The van der Waals surface area contributed by atoms with Gasteiger partial charge in [0.2, 0.25) is 10.0 Å². The van der Waals surface area contributed by atoms with E-state index in [0.717, 1.165) is 32.1 Å². The Labute approximate surface area is 184 Å². The van der Waals surface area contributed by atoms with Gasteiger partial charge in [-0.05, 0) is 43.2 Å². The van der Waals surface area contributed by atoms with Gasteiger partial charge in [-0.25, -0.2) is 16.8 Å². The first-order valence-corrected chi connectivity index (χ1v) is 13.5. The smallest absolute Gasteiger partial charge is 0.251 e. The fourth-order valence-corrected chi connectivity index (χ4v) is 6.39. The van der Waals surface area contributed by atoms with Crippen molar-refractivity contribution in [1.82, 2.24) is 9.62 Å². The van der Waals surface area contributed by atoms with Gasteiger partial charge in [-0.2, -0.15) is 4.31 Å². The summed E-state index contributed by atoms with van der Waals surface area (Å²) in [5.41, 5.74) is 0.176. The first-order valence-electron chi connectivity index (χ1n) is 10.4. The molecule has 0 heterocycles. The van der Waals surface area contributed by atoms with E-state index in [9.17, 15) is 21.6 Å². The van der Waals surface area contributed by atoms with Crippen LogP contribution in [0.5, 0.6) is 0 Å². The lowest BCUT2D eigenvalue weighted by atomic mass is 9.96. The third-order valence-corrected chi connectivity index (χ3v) is 9.26. The molecule has 1 N–H and O–H groups in total. The average Bonchev–Trinajstić information content (AvgIpc) is 2.79. The van der Waals surface area contributed by atoms with Crippen molar-refractivity contribution in [2.24, 2.45) is 0 Å². The van der Waals surface area contributed by atoms with Gasteiger partial charge in [0.25, 0.3) is 5.91 Å². The molecule has 1 amide bonds. The van der Waals surface area contributed by atoms with Crippen molar-refractivity contribution in [3.05, 3.63) is 60.2 Å². The van der Waals surface area contributed by atoms with Gasteiger partial charge < -0.3 is 5.32 Å². The van der Waals surface area contributed by atoms with Crippen molar-refractivity contribution in [3.8, 4) is 0 Å². The molecule has 0 spiro atoms. The van der Waals surface area contributed by atoms with Crippen molar-refractivity contribution in [3.63, 3.8) is 0 Å². The normalized spacial score (nSPS) is 15.7. The maximum absolute atomic E-state index is 13.0. The highest BCUT2D eigenvalue weighted by atomic mass is 32.2. The molecular weight excluding hydrogens is 436 g/mol. The van der Waals surface area contributed by atoms with Crippen LogP contribution in [-0.2, 0) is 19.9 Å². The number of hydrogen-bond acceptors (Lipinski definition) is 5. The third kappa shape index (κ3) is 5.72. The quantitative estimate of drug-likeness (QED) is 0.647. The highest BCUT2D eigenvalue weighted by Gasteiger charge is 2.29. The number of amides is 1. The third-order valence-electron chi connectivity index (χ3n) is 5.62. The van der Waals surface area contributed by atoms with E-state index in [2.05, 4.69) is 5.32 Å². The van der Waals surface area contributed by atoms with Gasteiger partial charge in [-0.3, -0.25) is 4.79 Å². The molecular formula is C22H28N2O5S2. The minimum absolute atomic E-state index is 0.0283. The molecule has 0 saturated heterocycles. The number of carbonyl (C=O) groups is 1. The number of sulfone groups is 1. The van der Waals surface area contributed by atoms with Crippen molar-refractivity contribution in [2.45, 2.75) is 47.9 Å². The molecule has 2 aromatic rings. The second kappa shape index (κ2) is 9.93. The van der Waals surface area contributed by atoms with Gasteiger partial charge in [-0.1, -0.05) is 43.5 Å². The number of nitrogens with zero attached hydrogens (tertiary/aromatic N) is 1. The monoisotopic (exact) mass is 464 g/mol. The van der Waals surface area contributed by atoms with Crippen molar-refractivity contribution in [1.29, 1.82) is 0 Å². The first kappa shape index (κ1) is 23.4. The van der Waals surface area contributed by atoms with Crippen LogP contribution in [0.1, 0.15) is 42.5 Å². The Hall–Kier alpha value is -2.23. The van der Waals surface area contributed by atoms with E-state index in [-0.39, 0.29) is 33.7 Å². The van der Waals surface area contributed by atoms with Gasteiger partial charge in [0.05, 0.1) is 15.5 Å². The fourth-order valence-electron chi connectivity index (χ4n) is 3.75. The van der Waals surface area contributed by atoms with E-state index in [1.54, 1.807) is 25.2 Å². The lowest BCUT2D eigenvalue weighted by molar-refractivity contribution is 0.0956. The summed E-state index contributed by atoms with van der Waals surface area (Å²) in [6.07, 6.45) is 4.83. The number of nitrogens with one attached hydrogen (secondary N) is 1. The molecule has 3 rings (SSSR count). The number of rotatable bonds is 8. The predicted molar refractivity (Wildman–Crippen MR) is 119 cm³/mol. The first-order chi connectivity index (χ1) is 14.7. The van der Waals surface area contributed by atoms with Gasteiger partial charge in [0.1, 0.15) is 0 Å². The van der Waals surface area contributed by atoms with Crippen LogP contribution in [0.25, 0.3) is 0 Å². The van der Waals surface area contributed by atoms with Crippen molar-refractivity contribution >= 4 is 25.8 Å². The Balaban J connectivity index is 1.66. The van der Waals surface area contributed by atoms with E-state index in [0.29, 0.717) is 0 Å². The van der Waals surface area contributed by atoms with Crippen LogP contribution in [-0.4, -0.2) is 52.4 Å². The maximum atomic E-state index is 13.0. The molecule has 0 unspecified atom stereocenters. The zero-order valence-corrected chi connectivity index (χ0v) is 19.2. The van der Waals surface area contributed by atoms with Gasteiger partial charge in [0.15, 0.2) is 9.84 Å². The van der Waals surface area contributed by atoms with Crippen LogP contribution in [0.2, 0.25) is 0 Å². The number of sulfonamides is 1. The molecule has 1 saturated carbocycles. The van der Waals surface area contributed by atoms with Crippen LogP contribution in [0, 0.1) is 0 Å². The summed E-state index contributed by atoms with van der Waals surface area (Å²) >= 11 is 0. The highest BCUT2D eigenvalue weighted by Crippen LogP contribution is 2.26. The molecule has 1 fully saturated rings. The van der Waals surface area contributed by atoms with Crippen LogP contribution in [0.4, 0.5) is 0 Å². The second-order valence-electron chi connectivity index (χ2n) is 7.73. The molecule has 1 aliphatic carbocycles. The molecule has 0 aliphatic heterocycles. The van der Waals surface area contributed by atoms with Crippen molar-refractivity contribution < 1.29 is 21.6 Å². The summed E-state index contributed by atoms with van der Waals surface area (Å²) < 4.78 is 52.1. The summed E-state index contributed by atoms with van der Waals surface area (Å²) in [6, 6.07) is 13.9. The molecule has 0 bridgehead atoms. The second-order valence-corrected chi connectivity index (χ2v) is 11.8. The lowest BCUT2D eigenvalue weighted by Gasteiger charge is -2.30. The van der Waals surface area contributed by atoms with Gasteiger partial charge >= 0.3 is 0 Å². The van der Waals surface area contributed by atoms with E-state index < -0.39 is 25.8 Å². The molecule has 9 heteroatoms. The Morgan fingerprint density at radius 1 is 0.935 bits per heavy atom. The number of carbonyl (C=O) groups excluding carboxylic acids is 1. The molecule has 0 radical (unpaired) electrons. The van der Waals surface area contributed by atoms with E-state index in [1.165, 1.54) is 40.7 Å². The summed E-state index contributed by atoms with van der Waals surface area (Å²) in [7, 11) is -5.64. The minimum atomic E-state index is -3.72. The van der Waals surface area contributed by atoms with E-state index >= 15 is 0 Å². The summed E-state index contributed by atoms with van der Waals surface area (Å²) in [4.78, 5) is 12.8. The van der Waals surface area contributed by atoms with Gasteiger partial charge in [0, 0.05) is 25.2 Å². The van der Waals surface area contributed by atoms with Gasteiger partial charge in [-0.15, -0.1) is 0 Å². The zero-order valence-electron chi connectivity index (χ0n) is 17.5. The molecule has 2 aromatic carbocycles. The van der Waals surface area contributed by atoms with E-state index in [1.807, 2.05) is 0 Å². The van der Waals surface area contributed by atoms with Crippen LogP contribution < -0.4 is 5.32 Å². The SMILES string of the molecule is CN(C1CCCCC1)S(=O)(=O)c1cccc(C(=O)NCCS(=O)(=O)c2ccccc2)c1. The lowest BCUT2D eigenvalue weighted by Crippen LogP contribution is -2.38. The molecule has 0 aromatic heterocycles. The topological polar surface area (TPSA) is 101 Å². The number of benzene rings is 2. The van der Waals surface area contributed by atoms with Crippen LogP contribution in [0.3, 0.4) is 0 Å². The molecule has 0 atom stereocenters. The maximum Gasteiger partial charge on any atom is 0.251 e. The Bertz CT molecular complexity index is 1110. The summed E-state index contributed by atoms with van der Waals surface area (Å²) in [6.45, 7) is -0.0744. The Morgan fingerprint density at radius 2 is 1.58 bits per heavy atom. The Kier molecular flexibility index (Phi) is 7.51. The Morgan fingerprint density at radius 3 is 2.26 bits per heavy atom. The predicted octanol–water partition coefficient (Wildman–Crippen LogP) is 2.84. The summed E-state index contributed by atoms with van der Waals surface area (Å²) in [5, 5.41) is 2.57. The standard InChI is InChI=1S/C22H28N2O5S2/c1-24(19-10-4-2-5-11-19)31(28,29)21-14-8-9-18(17-21)22(25)23-15-16-30(26,27)20-12-6-3-7-13-20/h3,6-9,12-14,17,19H,2,4-5,10-11,15-16H2,1H3,(H,23,25). The van der Waals surface area contributed by atoms with Crippen molar-refractivity contribution in [2.75, 3.05) is 19.3 Å². The number of hydrogen-bond donors (Lipinski definition) is 1. The molecule has 7 nitrogen and oxygen atoms in total. The molecule has 1 aliphatic rings.